The van der Waals surface area contributed by atoms with E-state index in [-0.39, 0.29) is 11.9 Å². The number of halogens is 1. The number of thiophene rings is 1. The standard InChI is InChI=1S/C16H19ClN2OS/c1-10(2)19(8-12-4-6-13(18)7-5-12)16(20)15-14(17)11(3)9-21-15/h4-7,9-10H,8,18H2,1-3H3. The van der Waals surface area contributed by atoms with Gasteiger partial charge in [0.2, 0.25) is 0 Å². The zero-order valence-electron chi connectivity index (χ0n) is 12.4. The van der Waals surface area contributed by atoms with Crippen molar-refractivity contribution in [3.05, 3.63) is 50.7 Å². The van der Waals surface area contributed by atoms with Crippen molar-refractivity contribution >= 4 is 34.5 Å². The number of nitrogens with two attached hydrogens (primary N) is 1. The van der Waals surface area contributed by atoms with E-state index >= 15 is 0 Å². The fourth-order valence-corrected chi connectivity index (χ4v) is 3.24. The maximum absolute atomic E-state index is 12.7. The van der Waals surface area contributed by atoms with Gasteiger partial charge in [-0.3, -0.25) is 4.79 Å². The van der Waals surface area contributed by atoms with Crippen LogP contribution in [0.25, 0.3) is 0 Å². The average Bonchev–Trinajstić information content (AvgIpc) is 2.77. The predicted molar refractivity (Wildman–Crippen MR) is 89.9 cm³/mol. The number of nitrogen functional groups attached to an aromatic ring is 1. The first-order valence-electron chi connectivity index (χ1n) is 6.79. The third kappa shape index (κ3) is 3.57. The number of carbonyl (C=O) groups is 1. The first-order chi connectivity index (χ1) is 9.90. The van der Waals surface area contributed by atoms with E-state index in [9.17, 15) is 4.79 Å². The van der Waals surface area contributed by atoms with E-state index in [4.69, 9.17) is 17.3 Å². The second-order valence-electron chi connectivity index (χ2n) is 5.33. The zero-order chi connectivity index (χ0) is 15.6. The van der Waals surface area contributed by atoms with Crippen LogP contribution in [0.3, 0.4) is 0 Å². The molecule has 1 heterocycles. The molecule has 0 aliphatic heterocycles. The van der Waals surface area contributed by atoms with Crippen molar-refractivity contribution in [1.29, 1.82) is 0 Å². The maximum Gasteiger partial charge on any atom is 0.265 e. The van der Waals surface area contributed by atoms with Gasteiger partial charge >= 0.3 is 0 Å². The molecule has 5 heteroatoms. The maximum atomic E-state index is 12.7. The van der Waals surface area contributed by atoms with Gasteiger partial charge in [0.25, 0.3) is 5.91 Å². The number of hydrogen-bond donors (Lipinski definition) is 1. The summed E-state index contributed by atoms with van der Waals surface area (Å²) in [4.78, 5) is 15.2. The van der Waals surface area contributed by atoms with Crippen LogP contribution in [0, 0.1) is 6.92 Å². The fraction of sp³-hybridized carbons (Fsp3) is 0.312. The van der Waals surface area contributed by atoms with Crippen molar-refractivity contribution in [2.45, 2.75) is 33.4 Å². The second kappa shape index (κ2) is 6.50. The SMILES string of the molecule is Cc1csc(C(=O)N(Cc2ccc(N)cc2)C(C)C)c1Cl. The Hall–Kier alpha value is -1.52. The van der Waals surface area contributed by atoms with Gasteiger partial charge in [0.15, 0.2) is 0 Å². The van der Waals surface area contributed by atoms with Crippen LogP contribution >= 0.6 is 22.9 Å². The summed E-state index contributed by atoms with van der Waals surface area (Å²) in [5.74, 6) is -0.0232. The number of benzene rings is 1. The highest BCUT2D eigenvalue weighted by molar-refractivity contribution is 7.13. The minimum Gasteiger partial charge on any atom is -0.399 e. The minimum atomic E-state index is -0.0232. The van der Waals surface area contributed by atoms with E-state index in [1.165, 1.54) is 11.3 Å². The molecule has 0 bridgehead atoms. The van der Waals surface area contributed by atoms with Crippen LogP contribution in [0.4, 0.5) is 5.69 Å². The van der Waals surface area contributed by atoms with E-state index in [1.54, 1.807) is 0 Å². The molecule has 0 saturated heterocycles. The van der Waals surface area contributed by atoms with Gasteiger partial charge in [0.1, 0.15) is 4.88 Å². The number of amides is 1. The Labute approximate surface area is 134 Å². The Morgan fingerprint density at radius 2 is 1.95 bits per heavy atom. The quantitative estimate of drug-likeness (QED) is 0.851. The lowest BCUT2D eigenvalue weighted by molar-refractivity contribution is 0.0695. The Morgan fingerprint density at radius 1 is 1.33 bits per heavy atom. The van der Waals surface area contributed by atoms with E-state index in [2.05, 4.69) is 0 Å². The molecule has 21 heavy (non-hydrogen) atoms. The summed E-state index contributed by atoms with van der Waals surface area (Å²) < 4.78 is 0. The van der Waals surface area contributed by atoms with Crippen molar-refractivity contribution < 1.29 is 4.79 Å². The first-order valence-corrected chi connectivity index (χ1v) is 8.05. The van der Waals surface area contributed by atoms with Gasteiger partial charge in [0, 0.05) is 18.3 Å². The molecule has 3 nitrogen and oxygen atoms in total. The van der Waals surface area contributed by atoms with Crippen molar-refractivity contribution in [3.8, 4) is 0 Å². The Bertz CT molecular complexity index is 634. The van der Waals surface area contributed by atoms with Crippen molar-refractivity contribution in [3.63, 3.8) is 0 Å². The monoisotopic (exact) mass is 322 g/mol. The summed E-state index contributed by atoms with van der Waals surface area (Å²) in [6.45, 7) is 6.46. The van der Waals surface area contributed by atoms with Gasteiger partial charge in [-0.2, -0.15) is 0 Å². The van der Waals surface area contributed by atoms with Crippen LogP contribution in [0.15, 0.2) is 29.6 Å². The normalized spacial score (nSPS) is 10.9. The molecule has 0 atom stereocenters. The van der Waals surface area contributed by atoms with E-state index in [1.807, 2.05) is 55.3 Å². The molecule has 0 spiro atoms. The van der Waals surface area contributed by atoms with Gasteiger partial charge in [0.05, 0.1) is 5.02 Å². The summed E-state index contributed by atoms with van der Waals surface area (Å²) in [5.41, 5.74) is 8.41. The number of anilines is 1. The number of hydrogen-bond acceptors (Lipinski definition) is 3. The molecule has 2 rings (SSSR count). The van der Waals surface area contributed by atoms with Gasteiger partial charge in [-0.05, 0) is 49.4 Å². The van der Waals surface area contributed by atoms with Crippen LogP contribution in [0.1, 0.15) is 34.6 Å². The zero-order valence-corrected chi connectivity index (χ0v) is 14.0. The van der Waals surface area contributed by atoms with Gasteiger partial charge in [-0.25, -0.2) is 0 Å². The number of carbonyl (C=O) groups excluding carboxylic acids is 1. The molecule has 1 aromatic carbocycles. The van der Waals surface area contributed by atoms with Crippen LogP contribution in [-0.4, -0.2) is 16.8 Å². The Morgan fingerprint density at radius 3 is 2.43 bits per heavy atom. The van der Waals surface area contributed by atoms with E-state index < -0.39 is 0 Å². The lowest BCUT2D eigenvalue weighted by atomic mass is 10.1. The minimum absolute atomic E-state index is 0.0232. The highest BCUT2D eigenvalue weighted by atomic mass is 35.5. The molecule has 2 aromatic rings. The molecular weight excluding hydrogens is 304 g/mol. The molecule has 0 unspecified atom stereocenters. The highest BCUT2D eigenvalue weighted by Crippen LogP contribution is 2.29. The molecule has 1 aromatic heterocycles. The molecule has 0 aliphatic carbocycles. The summed E-state index contributed by atoms with van der Waals surface area (Å²) in [5, 5.41) is 2.48. The lowest BCUT2D eigenvalue weighted by Crippen LogP contribution is -2.36. The Balaban J connectivity index is 2.24. The molecule has 0 saturated carbocycles. The van der Waals surface area contributed by atoms with E-state index in [0.717, 1.165) is 16.8 Å². The van der Waals surface area contributed by atoms with Gasteiger partial charge in [-0.15, -0.1) is 11.3 Å². The third-order valence-electron chi connectivity index (χ3n) is 3.31. The smallest absolute Gasteiger partial charge is 0.265 e. The van der Waals surface area contributed by atoms with Crippen LogP contribution in [0.5, 0.6) is 0 Å². The number of nitrogens with zero attached hydrogens (tertiary/aromatic N) is 1. The average molecular weight is 323 g/mol. The van der Waals surface area contributed by atoms with Crippen LogP contribution in [0.2, 0.25) is 5.02 Å². The largest absolute Gasteiger partial charge is 0.399 e. The summed E-state index contributed by atoms with van der Waals surface area (Å²) >= 11 is 7.62. The molecule has 112 valence electrons. The third-order valence-corrected chi connectivity index (χ3v) is 5.00. The number of aryl methyl sites for hydroxylation is 1. The van der Waals surface area contributed by atoms with Crippen molar-refractivity contribution in [2.24, 2.45) is 0 Å². The fourth-order valence-electron chi connectivity index (χ4n) is 2.01. The number of rotatable bonds is 4. The second-order valence-corrected chi connectivity index (χ2v) is 6.59. The van der Waals surface area contributed by atoms with Crippen molar-refractivity contribution in [1.82, 2.24) is 4.90 Å². The molecule has 0 aliphatic rings. The van der Waals surface area contributed by atoms with Crippen LogP contribution < -0.4 is 5.73 Å². The first kappa shape index (κ1) is 15.9. The highest BCUT2D eigenvalue weighted by Gasteiger charge is 2.23. The molecular formula is C16H19ClN2OS. The van der Waals surface area contributed by atoms with Crippen LogP contribution in [-0.2, 0) is 6.54 Å². The lowest BCUT2D eigenvalue weighted by Gasteiger charge is -2.26. The molecule has 1 amide bonds. The summed E-state index contributed by atoms with van der Waals surface area (Å²) in [6.07, 6.45) is 0. The summed E-state index contributed by atoms with van der Waals surface area (Å²) in [7, 11) is 0. The predicted octanol–water partition coefficient (Wildman–Crippen LogP) is 4.34. The topological polar surface area (TPSA) is 46.3 Å². The van der Waals surface area contributed by atoms with Crippen molar-refractivity contribution in [2.75, 3.05) is 5.73 Å². The molecule has 0 fully saturated rings. The molecule has 2 N–H and O–H groups in total. The van der Waals surface area contributed by atoms with Gasteiger partial charge in [-0.1, -0.05) is 23.7 Å². The van der Waals surface area contributed by atoms with E-state index in [0.29, 0.717) is 16.4 Å². The Kier molecular flexibility index (Phi) is 4.91. The molecule has 0 radical (unpaired) electrons. The summed E-state index contributed by atoms with van der Waals surface area (Å²) in [6, 6.07) is 7.67. The van der Waals surface area contributed by atoms with Gasteiger partial charge < -0.3 is 10.6 Å².